The molecule has 166 valence electrons. The first-order valence-corrected chi connectivity index (χ1v) is 10.3. The molecule has 3 aromatic carbocycles. The van der Waals surface area contributed by atoms with Crippen LogP contribution in [0.3, 0.4) is 0 Å². The topological polar surface area (TPSA) is 74.2 Å². The van der Waals surface area contributed by atoms with Crippen molar-refractivity contribution in [1.82, 2.24) is 0 Å². The van der Waals surface area contributed by atoms with Crippen molar-refractivity contribution in [2.45, 2.75) is 6.92 Å². The van der Waals surface area contributed by atoms with Crippen LogP contribution in [0.1, 0.15) is 28.4 Å². The molecule has 1 aliphatic heterocycles. The second-order valence-corrected chi connectivity index (χ2v) is 7.23. The zero-order valence-electron chi connectivity index (χ0n) is 17.4. The van der Waals surface area contributed by atoms with E-state index in [2.05, 4.69) is 4.99 Å². The molecule has 1 aliphatic rings. The smallest absolute Gasteiger partial charge is 0.363 e. The minimum atomic E-state index is -0.853. The van der Waals surface area contributed by atoms with Crippen molar-refractivity contribution in [3.63, 3.8) is 0 Å². The summed E-state index contributed by atoms with van der Waals surface area (Å²) in [6.45, 7) is 2.06. The first kappa shape index (κ1) is 22.2. The van der Waals surface area contributed by atoms with E-state index in [4.69, 9.17) is 25.8 Å². The van der Waals surface area contributed by atoms with Gasteiger partial charge in [-0.1, -0.05) is 41.9 Å². The summed E-state index contributed by atoms with van der Waals surface area (Å²) < 4.78 is 30.1. The number of esters is 2. The van der Waals surface area contributed by atoms with E-state index in [1.807, 2.05) is 0 Å². The van der Waals surface area contributed by atoms with Crippen LogP contribution in [0, 0.1) is 5.82 Å². The fourth-order valence-corrected chi connectivity index (χ4v) is 3.28. The van der Waals surface area contributed by atoms with Gasteiger partial charge >= 0.3 is 11.9 Å². The summed E-state index contributed by atoms with van der Waals surface area (Å²) in [7, 11) is 0. The van der Waals surface area contributed by atoms with Crippen LogP contribution in [0.5, 0.6) is 11.5 Å². The summed E-state index contributed by atoms with van der Waals surface area (Å²) in [6.07, 6.45) is 1.51. The van der Waals surface area contributed by atoms with Gasteiger partial charge in [0.05, 0.1) is 22.8 Å². The second kappa shape index (κ2) is 9.67. The number of ether oxygens (including phenoxy) is 3. The second-order valence-electron chi connectivity index (χ2n) is 6.82. The molecule has 0 amide bonds. The normalized spacial score (nSPS) is 14.1. The number of rotatable bonds is 6. The summed E-state index contributed by atoms with van der Waals surface area (Å²) >= 11 is 6.16. The molecule has 0 spiro atoms. The zero-order valence-corrected chi connectivity index (χ0v) is 18.1. The molecule has 4 rings (SSSR count). The summed E-state index contributed by atoms with van der Waals surface area (Å²) in [5.74, 6) is -1.70. The molecule has 0 N–H and O–H groups in total. The van der Waals surface area contributed by atoms with Gasteiger partial charge in [-0.15, -0.1) is 0 Å². The number of carbonyl (C=O) groups excluding carboxylic acids is 2. The number of cyclic esters (lactones) is 1. The molecule has 0 radical (unpaired) electrons. The highest BCUT2D eigenvalue weighted by Crippen LogP contribution is 2.31. The van der Waals surface area contributed by atoms with E-state index in [-0.39, 0.29) is 28.7 Å². The lowest BCUT2D eigenvalue weighted by molar-refractivity contribution is -0.129. The fourth-order valence-electron chi connectivity index (χ4n) is 3.07. The van der Waals surface area contributed by atoms with E-state index >= 15 is 0 Å². The highest BCUT2D eigenvalue weighted by Gasteiger charge is 2.25. The molecule has 1 heterocycles. The number of aliphatic imine (C=N–C) groups is 1. The van der Waals surface area contributed by atoms with Crippen molar-refractivity contribution >= 4 is 35.5 Å². The van der Waals surface area contributed by atoms with Gasteiger partial charge in [-0.25, -0.2) is 19.0 Å². The molecule has 0 atom stereocenters. The number of halogens is 2. The Labute approximate surface area is 193 Å². The molecular weight excluding hydrogens is 449 g/mol. The van der Waals surface area contributed by atoms with Crippen LogP contribution in [0.25, 0.3) is 6.08 Å². The van der Waals surface area contributed by atoms with Gasteiger partial charge in [0.1, 0.15) is 5.82 Å². The van der Waals surface area contributed by atoms with E-state index in [1.165, 1.54) is 36.4 Å². The van der Waals surface area contributed by atoms with E-state index in [1.54, 1.807) is 43.3 Å². The number of hydrogen-bond acceptors (Lipinski definition) is 6. The maximum Gasteiger partial charge on any atom is 0.363 e. The van der Waals surface area contributed by atoms with Crippen molar-refractivity contribution < 1.29 is 28.2 Å². The highest BCUT2D eigenvalue weighted by molar-refractivity contribution is 6.34. The van der Waals surface area contributed by atoms with Crippen LogP contribution in [0.2, 0.25) is 5.02 Å². The van der Waals surface area contributed by atoms with Crippen LogP contribution in [-0.2, 0) is 9.53 Å². The summed E-state index contributed by atoms with van der Waals surface area (Å²) in [6, 6.07) is 17.1. The molecule has 0 aliphatic carbocycles. The highest BCUT2D eigenvalue weighted by atomic mass is 35.5. The van der Waals surface area contributed by atoms with Gasteiger partial charge in [0, 0.05) is 0 Å². The zero-order chi connectivity index (χ0) is 23.4. The lowest BCUT2D eigenvalue weighted by atomic mass is 10.1. The molecule has 0 saturated carbocycles. The van der Waals surface area contributed by atoms with Crippen LogP contribution < -0.4 is 9.47 Å². The van der Waals surface area contributed by atoms with Crippen molar-refractivity contribution in [2.75, 3.05) is 6.61 Å². The molecule has 33 heavy (non-hydrogen) atoms. The monoisotopic (exact) mass is 465 g/mol. The third-order valence-corrected chi connectivity index (χ3v) is 4.92. The van der Waals surface area contributed by atoms with Gasteiger partial charge in [0.2, 0.25) is 5.90 Å². The Kier molecular flexibility index (Phi) is 6.51. The van der Waals surface area contributed by atoms with Crippen LogP contribution in [0.15, 0.2) is 77.4 Å². The van der Waals surface area contributed by atoms with Crippen molar-refractivity contribution in [1.29, 1.82) is 0 Å². The molecule has 6 nitrogen and oxygen atoms in total. The summed E-state index contributed by atoms with van der Waals surface area (Å²) in [4.78, 5) is 28.9. The predicted octanol–water partition coefficient (Wildman–Crippen LogP) is 5.44. The van der Waals surface area contributed by atoms with Gasteiger partial charge in [0.25, 0.3) is 0 Å². The van der Waals surface area contributed by atoms with Gasteiger partial charge in [-0.3, -0.25) is 0 Å². The van der Waals surface area contributed by atoms with Crippen LogP contribution in [-0.4, -0.2) is 24.4 Å². The Morgan fingerprint density at radius 1 is 1.09 bits per heavy atom. The third-order valence-electron chi connectivity index (χ3n) is 4.59. The lowest BCUT2D eigenvalue weighted by Gasteiger charge is -2.11. The van der Waals surface area contributed by atoms with Crippen LogP contribution in [0.4, 0.5) is 4.39 Å². The summed E-state index contributed by atoms with van der Waals surface area (Å²) in [5, 5.41) is 0.407. The Balaban J connectivity index is 1.62. The molecule has 0 saturated heterocycles. The maximum atomic E-state index is 13.9. The predicted molar refractivity (Wildman–Crippen MR) is 121 cm³/mol. The van der Waals surface area contributed by atoms with Crippen LogP contribution >= 0.6 is 11.6 Å². The van der Waals surface area contributed by atoms with Crippen molar-refractivity contribution in [3.8, 4) is 11.5 Å². The first-order chi connectivity index (χ1) is 16.0. The van der Waals surface area contributed by atoms with Crippen molar-refractivity contribution in [3.05, 3.63) is 100.0 Å². The van der Waals surface area contributed by atoms with Gasteiger partial charge in [0.15, 0.2) is 17.2 Å². The van der Waals surface area contributed by atoms with E-state index in [9.17, 15) is 14.0 Å². The number of hydrogen-bond donors (Lipinski definition) is 0. The van der Waals surface area contributed by atoms with Gasteiger partial charge < -0.3 is 14.2 Å². The molecule has 0 aromatic heterocycles. The third kappa shape index (κ3) is 4.94. The Bertz CT molecular complexity index is 1300. The number of carbonyl (C=O) groups is 2. The van der Waals surface area contributed by atoms with E-state index < -0.39 is 17.8 Å². The quantitative estimate of drug-likeness (QED) is 0.275. The molecule has 0 unspecified atom stereocenters. The largest absolute Gasteiger partial charge is 0.490 e. The Morgan fingerprint density at radius 2 is 1.85 bits per heavy atom. The van der Waals surface area contributed by atoms with E-state index in [0.717, 1.165) is 0 Å². The van der Waals surface area contributed by atoms with E-state index in [0.29, 0.717) is 22.8 Å². The SMILES string of the molecule is CCOc1cc(/C=C2/N=C(c3ccccc3Cl)OC2=O)ccc1OC(=O)c1ccccc1F. The molecular formula is C25H17ClFNO5. The molecule has 0 bridgehead atoms. The Hall–Kier alpha value is -3.97. The first-order valence-electron chi connectivity index (χ1n) is 9.97. The minimum absolute atomic E-state index is 0.0727. The lowest BCUT2D eigenvalue weighted by Crippen LogP contribution is -2.11. The average molecular weight is 466 g/mol. The molecule has 0 fully saturated rings. The fraction of sp³-hybridized carbons (Fsp3) is 0.0800. The van der Waals surface area contributed by atoms with Gasteiger partial charge in [-0.2, -0.15) is 0 Å². The average Bonchev–Trinajstić information content (AvgIpc) is 3.16. The molecule has 3 aromatic rings. The summed E-state index contributed by atoms with van der Waals surface area (Å²) in [5.41, 5.74) is 0.936. The minimum Gasteiger partial charge on any atom is -0.490 e. The number of benzene rings is 3. The standard InChI is InChI=1S/C25H17ClFNO5/c1-2-31-22-14-15(11-12-21(22)32-24(29)17-8-4-6-10-19(17)27)13-20-25(30)33-23(28-20)16-7-3-5-9-18(16)26/h3-14H,2H2,1H3/b20-13+. The van der Waals surface area contributed by atoms with Gasteiger partial charge in [-0.05, 0) is 55.0 Å². The maximum absolute atomic E-state index is 13.9. The van der Waals surface area contributed by atoms with Crippen molar-refractivity contribution in [2.24, 2.45) is 4.99 Å². The Morgan fingerprint density at radius 3 is 2.61 bits per heavy atom. The molecule has 8 heteroatoms. The number of nitrogens with zero attached hydrogens (tertiary/aromatic N) is 1.